The second-order valence-electron chi connectivity index (χ2n) is 23.2. The van der Waals surface area contributed by atoms with Crippen LogP contribution >= 0.6 is 0 Å². The molecule has 0 radical (unpaired) electrons. The van der Waals surface area contributed by atoms with Crippen molar-refractivity contribution in [2.24, 2.45) is 0 Å². The highest BCUT2D eigenvalue weighted by Crippen LogP contribution is 2.27. The fourth-order valence-corrected chi connectivity index (χ4v) is 13.8. The Kier molecular flexibility index (Phi) is 46.2. The van der Waals surface area contributed by atoms with Crippen LogP contribution in [0.4, 0.5) is 0 Å². The highest BCUT2D eigenvalue weighted by atomic mass is 32.2. The molecule has 0 atom stereocenters. The number of hydrogen-bond acceptors (Lipinski definition) is 19. The second kappa shape index (κ2) is 46.6. The molecule has 0 aromatic heterocycles. The van der Waals surface area contributed by atoms with E-state index in [0.29, 0.717) is 17.4 Å². The zero-order valence-corrected chi connectivity index (χ0v) is 54.2. The summed E-state index contributed by atoms with van der Waals surface area (Å²) < 4.78 is 115. The minimum atomic E-state index is -4.49. The first-order chi connectivity index (χ1) is 38.5. The third-order valence-corrected chi connectivity index (χ3v) is 21.0. The normalized spacial score (nSPS) is 13.5. The molecule has 0 saturated carbocycles. The van der Waals surface area contributed by atoms with Gasteiger partial charge in [-0.15, -0.1) is 0 Å². The number of nitrogens with one attached hydrogen (secondary N) is 3. The topological polar surface area (TPSA) is 337 Å². The van der Waals surface area contributed by atoms with Gasteiger partial charge in [-0.1, -0.05) is 168 Å². The van der Waals surface area contributed by atoms with Crippen molar-refractivity contribution >= 4 is 39.2 Å². The second-order valence-corrected chi connectivity index (χ2v) is 30.9. The molecule has 0 aromatic rings. The van der Waals surface area contributed by atoms with E-state index >= 15 is 0 Å². The summed E-state index contributed by atoms with van der Waals surface area (Å²) in [4.78, 5) is 0. The van der Waals surface area contributed by atoms with Crippen LogP contribution in [0.5, 0.6) is 0 Å². The monoisotopic (exact) mass is 1250 g/mol. The molecule has 0 aliphatic carbocycles. The molecule has 0 spiro atoms. The van der Waals surface area contributed by atoms with E-state index in [4.69, 9.17) is 13.3 Å². The van der Waals surface area contributed by atoms with Crippen LogP contribution in [0.3, 0.4) is 0 Å². The maximum absolute atomic E-state index is 12.3. The van der Waals surface area contributed by atoms with E-state index in [2.05, 4.69) is 41.0 Å². The van der Waals surface area contributed by atoms with Crippen molar-refractivity contribution in [1.29, 1.82) is 0 Å². The van der Waals surface area contributed by atoms with Crippen molar-refractivity contribution in [1.82, 2.24) is 16.0 Å². The molecule has 0 heterocycles. The van der Waals surface area contributed by atoms with Crippen LogP contribution in [-0.4, -0.2) is 225 Å². The Hall–Kier alpha value is -0.573. The van der Waals surface area contributed by atoms with Gasteiger partial charge in [0, 0.05) is 32.1 Å². The summed E-state index contributed by atoms with van der Waals surface area (Å²) in [6, 6.07) is -0.0147. The molecule has 488 valence electrons. The van der Waals surface area contributed by atoms with Crippen molar-refractivity contribution in [2.45, 2.75) is 223 Å². The van der Waals surface area contributed by atoms with Crippen LogP contribution < -0.4 is 16.0 Å². The molecular formula is C55H119N4O18S3Si+. The Morgan fingerprint density at radius 2 is 0.642 bits per heavy atom. The Labute approximate surface area is 492 Å². The Balaban J connectivity index is 6.90. The number of rotatable bonds is 62. The summed E-state index contributed by atoms with van der Waals surface area (Å²) in [7, 11) is -14.2. The van der Waals surface area contributed by atoms with E-state index in [9.17, 15) is 65.0 Å². The number of nitrogens with zero attached hydrogens (tertiary/aromatic N) is 1. The molecule has 22 nitrogen and oxygen atoms in total. The van der Waals surface area contributed by atoms with Crippen molar-refractivity contribution in [3.8, 4) is 0 Å². The minimum absolute atomic E-state index is 0.0147. The first-order valence-electron chi connectivity index (χ1n) is 30.8. The predicted molar refractivity (Wildman–Crippen MR) is 323 cm³/mol. The SMILES string of the molecule is CCCCCCCCCCCCCCCC[N+](C)(CCCCCCCCCCCCCCCC)CCC[Si](OCC(CO)(CO)NCCS(=O)(=O)O)(OCC(CO)(CO)NCCS(=O)(=O)O)OCC(CO)(CO)NCCS(=O)(=O)OC. The third kappa shape index (κ3) is 41.3. The molecule has 0 bridgehead atoms. The molecule has 26 heteroatoms. The Morgan fingerprint density at radius 1 is 0.395 bits per heavy atom. The van der Waals surface area contributed by atoms with Crippen LogP contribution in [-0.2, 0) is 47.8 Å². The first kappa shape index (κ1) is 80.4. The molecule has 0 fully saturated rings. The predicted octanol–water partition coefficient (Wildman–Crippen LogP) is 5.47. The summed E-state index contributed by atoms with van der Waals surface area (Å²) in [5.41, 5.74) is -5.30. The van der Waals surface area contributed by atoms with Crippen molar-refractivity contribution in [3.05, 3.63) is 0 Å². The van der Waals surface area contributed by atoms with Crippen LogP contribution in [0.2, 0.25) is 6.04 Å². The molecule has 0 rings (SSSR count). The fraction of sp³-hybridized carbons (Fsp3) is 1.00. The van der Waals surface area contributed by atoms with Gasteiger partial charge < -0.3 is 64.4 Å². The van der Waals surface area contributed by atoms with Gasteiger partial charge in [0.1, 0.15) is 0 Å². The summed E-state index contributed by atoms with van der Waals surface area (Å²) in [6.07, 6.45) is 35.0. The van der Waals surface area contributed by atoms with Gasteiger partial charge in [-0.3, -0.25) is 13.3 Å². The Morgan fingerprint density at radius 3 is 0.889 bits per heavy atom. The highest BCUT2D eigenvalue weighted by Gasteiger charge is 2.49. The van der Waals surface area contributed by atoms with E-state index in [1.54, 1.807) is 0 Å². The number of hydrogen-bond donors (Lipinski definition) is 11. The quantitative estimate of drug-likeness (QED) is 0.0118. The van der Waals surface area contributed by atoms with E-state index < -0.39 is 146 Å². The molecule has 81 heavy (non-hydrogen) atoms. The molecule has 0 amide bonds. The van der Waals surface area contributed by atoms with Crippen LogP contribution in [0.1, 0.15) is 200 Å². The van der Waals surface area contributed by atoms with Gasteiger partial charge in [0.15, 0.2) is 0 Å². The molecule has 0 aromatic carbocycles. The van der Waals surface area contributed by atoms with Crippen LogP contribution in [0.15, 0.2) is 0 Å². The van der Waals surface area contributed by atoms with Crippen molar-refractivity contribution in [2.75, 3.05) is 130 Å². The summed E-state index contributed by atoms with van der Waals surface area (Å²) in [6.45, 7) is -1.06. The number of unbranched alkanes of at least 4 members (excludes halogenated alkanes) is 26. The lowest BCUT2D eigenvalue weighted by atomic mass is 10.0. The smallest absolute Gasteiger partial charge is 0.394 e. The number of aliphatic hydroxyl groups excluding tert-OH is 6. The Bertz CT molecular complexity index is 1740. The van der Waals surface area contributed by atoms with E-state index in [1.807, 2.05) is 0 Å². The maximum atomic E-state index is 12.3. The lowest BCUT2D eigenvalue weighted by Gasteiger charge is -2.41. The fourth-order valence-electron chi connectivity index (χ4n) is 9.80. The molecule has 0 aliphatic heterocycles. The summed E-state index contributed by atoms with van der Waals surface area (Å²) in [5.74, 6) is -2.13. The van der Waals surface area contributed by atoms with Gasteiger partial charge in [0.2, 0.25) is 0 Å². The third-order valence-electron chi connectivity index (χ3n) is 15.6. The van der Waals surface area contributed by atoms with Crippen LogP contribution in [0.25, 0.3) is 0 Å². The summed E-state index contributed by atoms with van der Waals surface area (Å²) in [5, 5.41) is 72.6. The molecule has 11 N–H and O–H groups in total. The van der Waals surface area contributed by atoms with E-state index in [0.717, 1.165) is 58.7 Å². The average molecular weight is 1250 g/mol. The van der Waals surface area contributed by atoms with Crippen molar-refractivity contribution < 1.29 is 86.9 Å². The van der Waals surface area contributed by atoms with Gasteiger partial charge in [-0.2, -0.15) is 25.3 Å². The van der Waals surface area contributed by atoms with Gasteiger partial charge in [0.25, 0.3) is 30.4 Å². The molecule has 0 aliphatic rings. The molecule has 0 saturated heterocycles. The minimum Gasteiger partial charge on any atom is -0.394 e. The van der Waals surface area contributed by atoms with Gasteiger partial charge in [-0.25, -0.2) is 0 Å². The number of aliphatic hydroxyl groups is 6. The zero-order chi connectivity index (χ0) is 60.9. The lowest BCUT2D eigenvalue weighted by Crippen LogP contribution is -2.64. The number of quaternary nitrogens is 1. The molecule has 0 unspecified atom stereocenters. The average Bonchev–Trinajstić information content (AvgIpc) is 3.46. The maximum Gasteiger partial charge on any atom is 0.501 e. The standard InChI is InChI=1S/C55H118N4O18S3Si/c1-5-7-9-11-13-15-17-19-21-23-25-27-29-31-37-59(3,38-32-30-28-26-24-22-20-18-16-14-12-10-8-6-2)39-33-43-81(75-50-53(44-60,45-61)56-34-40-78(66,67)68,76-51-54(46-62,47-63)57-35-41-79(69,70)71)77-52-55(48-64,49-65)58-36-42-80(72,73)74-4/h56-58,60-65H,5-52H2,1-4H3,(H-,66,67,68,69,70,71)/p+1. The van der Waals surface area contributed by atoms with E-state index in [1.165, 1.54) is 141 Å². The van der Waals surface area contributed by atoms with Gasteiger partial charge >= 0.3 is 8.80 Å². The van der Waals surface area contributed by atoms with Gasteiger partial charge in [0.05, 0.1) is 127 Å². The zero-order valence-electron chi connectivity index (χ0n) is 50.8. The largest absolute Gasteiger partial charge is 0.501 e. The van der Waals surface area contributed by atoms with E-state index in [-0.39, 0.29) is 12.6 Å². The first-order valence-corrected chi connectivity index (χ1v) is 37.6. The lowest BCUT2D eigenvalue weighted by molar-refractivity contribution is -0.910. The summed E-state index contributed by atoms with van der Waals surface area (Å²) >= 11 is 0. The van der Waals surface area contributed by atoms with Crippen LogP contribution in [0, 0.1) is 0 Å². The molecular weight excluding hydrogens is 1130 g/mol. The van der Waals surface area contributed by atoms with Gasteiger partial charge in [-0.05, 0) is 25.7 Å². The van der Waals surface area contributed by atoms with Crippen molar-refractivity contribution in [3.63, 3.8) is 0 Å². The highest BCUT2D eigenvalue weighted by molar-refractivity contribution is 7.86.